The fourth-order valence-corrected chi connectivity index (χ4v) is 2.00. The molecular formula is C18H29BO3. The molecule has 0 aromatic heterocycles. The van der Waals surface area contributed by atoms with Gasteiger partial charge in [-0.1, -0.05) is 56.3 Å². The second kappa shape index (κ2) is 10.9. The molecule has 0 bridgehead atoms. The molecule has 2 aromatic rings. The first-order chi connectivity index (χ1) is 10.8. The molecule has 2 rings (SSSR count). The van der Waals surface area contributed by atoms with E-state index < -0.39 is 7.12 Å². The summed E-state index contributed by atoms with van der Waals surface area (Å²) in [7, 11) is -1.42. The van der Waals surface area contributed by atoms with E-state index in [1.807, 2.05) is 19.9 Å². The molecule has 0 aliphatic heterocycles. The van der Waals surface area contributed by atoms with Crippen LogP contribution >= 0.6 is 0 Å². The Bertz CT molecular complexity index is 507. The number of unbranched alkanes of at least 4 members (excludes halogenated alkanes) is 1. The predicted octanol–water partition coefficient (Wildman–Crippen LogP) is 3.29. The Kier molecular flexibility index (Phi) is 9.04. The zero-order valence-electron chi connectivity index (χ0n) is 13.4. The molecule has 0 aliphatic rings. The lowest BCUT2D eigenvalue weighted by Gasteiger charge is -2.07. The van der Waals surface area contributed by atoms with E-state index in [1.165, 1.54) is 5.56 Å². The Morgan fingerprint density at radius 3 is 2.14 bits per heavy atom. The van der Waals surface area contributed by atoms with E-state index >= 15 is 0 Å². The van der Waals surface area contributed by atoms with E-state index in [4.69, 9.17) is 14.8 Å². The summed E-state index contributed by atoms with van der Waals surface area (Å²) in [6.45, 7) is 4.67. The van der Waals surface area contributed by atoms with Crippen molar-refractivity contribution < 1.29 is 17.6 Å². The third kappa shape index (κ3) is 6.79. The summed E-state index contributed by atoms with van der Waals surface area (Å²) in [5.41, 5.74) is 1.83. The molecule has 0 fully saturated rings. The summed E-state index contributed by atoms with van der Waals surface area (Å²) in [4.78, 5) is 0. The van der Waals surface area contributed by atoms with E-state index in [9.17, 15) is 0 Å². The van der Waals surface area contributed by atoms with Crippen LogP contribution in [0.4, 0.5) is 0 Å². The van der Waals surface area contributed by atoms with Crippen molar-refractivity contribution in [3.8, 4) is 5.75 Å². The molecular weight excluding hydrogens is 275 g/mol. The van der Waals surface area contributed by atoms with Gasteiger partial charge in [-0.15, -0.1) is 0 Å². The van der Waals surface area contributed by atoms with Gasteiger partial charge in [0.15, 0.2) is 0 Å². The van der Waals surface area contributed by atoms with Crippen molar-refractivity contribution in [1.29, 1.82) is 0 Å². The Hall–Kier alpha value is -1.78. The predicted molar refractivity (Wildman–Crippen MR) is 96.7 cm³/mol. The molecule has 0 saturated heterocycles. The summed E-state index contributed by atoms with van der Waals surface area (Å²) in [5, 5.41) is 18.0. The van der Waals surface area contributed by atoms with Crippen LogP contribution in [0.5, 0.6) is 5.75 Å². The minimum Gasteiger partial charge on any atom is -0.494 e. The number of aryl methyl sites for hydroxylation is 1. The number of rotatable bonds is 7. The zero-order valence-corrected chi connectivity index (χ0v) is 13.4. The zero-order chi connectivity index (χ0) is 16.2. The minimum absolute atomic E-state index is 0. The van der Waals surface area contributed by atoms with Crippen LogP contribution in [0.2, 0.25) is 0 Å². The number of ether oxygens (including phenoxy) is 1. The van der Waals surface area contributed by atoms with Gasteiger partial charge in [0, 0.05) is 2.85 Å². The third-order valence-corrected chi connectivity index (χ3v) is 3.15. The summed E-state index contributed by atoms with van der Waals surface area (Å²) in [6.07, 6.45) is 3.16. The summed E-state index contributed by atoms with van der Waals surface area (Å²) < 4.78 is 5.62. The molecule has 0 atom stereocenters. The molecule has 122 valence electrons. The van der Waals surface area contributed by atoms with Crippen molar-refractivity contribution in [1.82, 2.24) is 0 Å². The molecule has 4 heteroatoms. The summed E-state index contributed by atoms with van der Waals surface area (Å²) >= 11 is 0. The summed E-state index contributed by atoms with van der Waals surface area (Å²) in [6, 6.07) is 17.2. The monoisotopic (exact) mass is 304 g/mol. The topological polar surface area (TPSA) is 49.7 Å². The highest BCUT2D eigenvalue weighted by atomic mass is 16.5. The number of hydrogen-bond donors (Lipinski definition) is 2. The van der Waals surface area contributed by atoms with E-state index in [-0.39, 0.29) is 2.85 Å². The molecule has 0 heterocycles. The van der Waals surface area contributed by atoms with Crippen LogP contribution in [0, 0.1) is 0 Å². The van der Waals surface area contributed by atoms with Crippen molar-refractivity contribution in [2.45, 2.75) is 33.1 Å². The van der Waals surface area contributed by atoms with Crippen LogP contribution in [0.1, 0.15) is 35.1 Å². The average Bonchev–Trinajstić information content (AvgIpc) is 2.58. The maximum atomic E-state index is 8.98. The van der Waals surface area contributed by atoms with E-state index in [2.05, 4.69) is 24.3 Å². The van der Waals surface area contributed by atoms with Crippen LogP contribution in [-0.2, 0) is 6.42 Å². The lowest BCUT2D eigenvalue weighted by atomic mass is 9.80. The van der Waals surface area contributed by atoms with Gasteiger partial charge in [0.2, 0.25) is 0 Å². The van der Waals surface area contributed by atoms with Crippen molar-refractivity contribution in [2.24, 2.45) is 0 Å². The van der Waals surface area contributed by atoms with Crippen LogP contribution in [0.25, 0.3) is 0 Å². The smallest absolute Gasteiger partial charge is 0.488 e. The fraction of sp³-hybridized carbons (Fsp3) is 0.333. The molecule has 0 spiro atoms. The standard InChI is InChI=1S/C16H19BO3.C2H6.2H2/c18-17(19)15-9-11-16(12-10-15)20-13-5-4-8-14-6-2-1-3-7-14;1-2;;/h1-3,6-7,9-12,18-19H,4-5,8,13H2;1-2H3;2*1H. The van der Waals surface area contributed by atoms with Gasteiger partial charge in [-0.2, -0.15) is 0 Å². The van der Waals surface area contributed by atoms with E-state index in [1.54, 1.807) is 24.3 Å². The van der Waals surface area contributed by atoms with Gasteiger partial charge in [-0.3, -0.25) is 0 Å². The second-order valence-corrected chi connectivity index (χ2v) is 4.73. The Labute approximate surface area is 136 Å². The highest BCUT2D eigenvalue weighted by Gasteiger charge is 2.09. The van der Waals surface area contributed by atoms with E-state index in [0.29, 0.717) is 12.1 Å². The van der Waals surface area contributed by atoms with Gasteiger partial charge in [0.25, 0.3) is 0 Å². The molecule has 22 heavy (non-hydrogen) atoms. The Balaban J connectivity index is 0. The Morgan fingerprint density at radius 1 is 0.909 bits per heavy atom. The van der Waals surface area contributed by atoms with Crippen LogP contribution in [0.15, 0.2) is 54.6 Å². The Morgan fingerprint density at radius 2 is 1.55 bits per heavy atom. The summed E-state index contributed by atoms with van der Waals surface area (Å²) in [5.74, 6) is 0.758. The molecule has 2 N–H and O–H groups in total. The maximum Gasteiger partial charge on any atom is 0.488 e. The number of hydrogen-bond acceptors (Lipinski definition) is 3. The van der Waals surface area contributed by atoms with Gasteiger partial charge < -0.3 is 14.8 Å². The number of benzene rings is 2. The first-order valence-corrected chi connectivity index (χ1v) is 7.88. The van der Waals surface area contributed by atoms with E-state index in [0.717, 1.165) is 25.0 Å². The van der Waals surface area contributed by atoms with Crippen LogP contribution in [0.3, 0.4) is 0 Å². The average molecular weight is 304 g/mol. The quantitative estimate of drug-likeness (QED) is 0.609. The van der Waals surface area contributed by atoms with Crippen molar-refractivity contribution in [3.63, 3.8) is 0 Å². The molecule has 0 amide bonds. The maximum absolute atomic E-state index is 8.98. The van der Waals surface area contributed by atoms with Gasteiger partial charge in [-0.25, -0.2) is 0 Å². The first-order valence-electron chi connectivity index (χ1n) is 7.88. The molecule has 0 radical (unpaired) electrons. The highest BCUT2D eigenvalue weighted by Crippen LogP contribution is 2.09. The largest absolute Gasteiger partial charge is 0.494 e. The van der Waals surface area contributed by atoms with Gasteiger partial charge in [-0.05, 0) is 42.4 Å². The van der Waals surface area contributed by atoms with Crippen molar-refractivity contribution >= 4 is 12.6 Å². The molecule has 0 unspecified atom stereocenters. The highest BCUT2D eigenvalue weighted by molar-refractivity contribution is 6.58. The minimum atomic E-state index is -1.42. The molecule has 2 aromatic carbocycles. The normalized spacial score (nSPS) is 9.64. The SMILES string of the molecule is CC.OB(O)c1ccc(OCCCCc2ccccc2)cc1.[HH].[HH]. The van der Waals surface area contributed by atoms with Crippen LogP contribution < -0.4 is 10.2 Å². The van der Waals surface area contributed by atoms with Gasteiger partial charge in [0.1, 0.15) is 5.75 Å². The van der Waals surface area contributed by atoms with Gasteiger partial charge >= 0.3 is 7.12 Å². The fourth-order valence-electron chi connectivity index (χ4n) is 2.00. The lowest BCUT2D eigenvalue weighted by molar-refractivity contribution is 0.307. The molecule has 0 aliphatic carbocycles. The van der Waals surface area contributed by atoms with Crippen LogP contribution in [-0.4, -0.2) is 23.8 Å². The van der Waals surface area contributed by atoms with Gasteiger partial charge in [0.05, 0.1) is 6.61 Å². The van der Waals surface area contributed by atoms with Crippen molar-refractivity contribution in [2.75, 3.05) is 6.61 Å². The first kappa shape index (κ1) is 18.3. The second-order valence-electron chi connectivity index (χ2n) is 4.73. The molecule has 0 saturated carbocycles. The molecule has 3 nitrogen and oxygen atoms in total. The lowest BCUT2D eigenvalue weighted by Crippen LogP contribution is -2.29. The van der Waals surface area contributed by atoms with Crippen molar-refractivity contribution in [3.05, 3.63) is 60.2 Å². The third-order valence-electron chi connectivity index (χ3n) is 3.15.